The van der Waals surface area contributed by atoms with Crippen LogP contribution in [-0.4, -0.2) is 42.6 Å². The number of nitrogens with two attached hydrogens (primary N) is 1. The molecule has 2 nitrogen and oxygen atoms in total. The number of rotatable bonds is 6. The second kappa shape index (κ2) is 6.44. The summed E-state index contributed by atoms with van der Waals surface area (Å²) in [6, 6.07) is 1.08. The predicted molar refractivity (Wildman–Crippen MR) is 79.6 cm³/mol. The van der Waals surface area contributed by atoms with Crippen LogP contribution < -0.4 is 5.73 Å². The van der Waals surface area contributed by atoms with Crippen LogP contribution in [0.1, 0.15) is 40.0 Å². The van der Waals surface area contributed by atoms with Crippen molar-refractivity contribution in [2.45, 2.75) is 52.1 Å². The van der Waals surface area contributed by atoms with Crippen LogP contribution in [0, 0.1) is 11.3 Å². The second-order valence-electron chi connectivity index (χ2n) is 6.27. The van der Waals surface area contributed by atoms with Crippen molar-refractivity contribution in [1.29, 1.82) is 0 Å². The summed E-state index contributed by atoms with van der Waals surface area (Å²) in [5.41, 5.74) is 6.73. The Hall–Kier alpha value is 0.270. The summed E-state index contributed by atoms with van der Waals surface area (Å²) in [7, 11) is 2.27. The van der Waals surface area contributed by atoms with Gasteiger partial charge in [-0.05, 0) is 43.9 Å². The smallest absolute Gasteiger partial charge is 0.0180 e. The Morgan fingerprint density at radius 2 is 2.12 bits per heavy atom. The molecule has 0 bridgehead atoms. The molecule has 1 saturated carbocycles. The van der Waals surface area contributed by atoms with Crippen LogP contribution in [0.4, 0.5) is 0 Å². The van der Waals surface area contributed by atoms with Crippen molar-refractivity contribution in [3.05, 3.63) is 0 Å². The molecule has 0 heterocycles. The van der Waals surface area contributed by atoms with Gasteiger partial charge in [0.05, 0.1) is 0 Å². The zero-order chi connectivity index (χ0) is 13.1. The Kier molecular flexibility index (Phi) is 5.81. The summed E-state index contributed by atoms with van der Waals surface area (Å²) in [6.07, 6.45) is 6.02. The molecule has 1 fully saturated rings. The Bertz CT molecular complexity index is 230. The third-order valence-corrected chi connectivity index (χ3v) is 5.26. The zero-order valence-corrected chi connectivity index (χ0v) is 13.0. The average Bonchev–Trinajstić information content (AvgIpc) is 2.53. The summed E-state index contributed by atoms with van der Waals surface area (Å²) in [6.45, 7) is 8.09. The van der Waals surface area contributed by atoms with Gasteiger partial charge in [0.1, 0.15) is 0 Å². The molecule has 3 heteroatoms. The molecule has 0 aromatic rings. The number of hydrogen-bond acceptors (Lipinski definition) is 3. The summed E-state index contributed by atoms with van der Waals surface area (Å²) in [4.78, 5) is 2.53. The first-order valence-corrected chi connectivity index (χ1v) is 8.26. The fourth-order valence-corrected chi connectivity index (χ4v) is 3.89. The van der Waals surface area contributed by atoms with Crippen LogP contribution in [-0.2, 0) is 0 Å². The molecule has 3 unspecified atom stereocenters. The van der Waals surface area contributed by atoms with Crippen LogP contribution in [0.25, 0.3) is 0 Å². The first-order chi connectivity index (χ1) is 7.92. The van der Waals surface area contributed by atoms with Crippen molar-refractivity contribution in [3.8, 4) is 0 Å². The Morgan fingerprint density at radius 3 is 2.53 bits per heavy atom. The monoisotopic (exact) mass is 258 g/mol. The first-order valence-electron chi connectivity index (χ1n) is 6.87. The van der Waals surface area contributed by atoms with E-state index in [2.05, 4.69) is 39.0 Å². The highest BCUT2D eigenvalue weighted by Gasteiger charge is 2.39. The van der Waals surface area contributed by atoms with Crippen LogP contribution in [0.5, 0.6) is 0 Å². The first kappa shape index (κ1) is 15.3. The van der Waals surface area contributed by atoms with E-state index in [9.17, 15) is 0 Å². The SMILES string of the molecule is CCC(CSC)N(C)CC1CCC(C)(C)C1N. The van der Waals surface area contributed by atoms with Crippen molar-refractivity contribution in [3.63, 3.8) is 0 Å². The molecule has 3 atom stereocenters. The predicted octanol–water partition coefficient (Wildman–Crippen LogP) is 2.82. The van der Waals surface area contributed by atoms with Gasteiger partial charge in [-0.1, -0.05) is 20.8 Å². The Balaban J connectivity index is 2.48. The molecule has 0 spiro atoms. The van der Waals surface area contributed by atoms with Crippen LogP contribution in [0.2, 0.25) is 0 Å². The molecule has 0 aromatic carbocycles. The molecule has 0 saturated heterocycles. The molecule has 102 valence electrons. The second-order valence-corrected chi connectivity index (χ2v) is 7.18. The van der Waals surface area contributed by atoms with Crippen molar-refractivity contribution < 1.29 is 0 Å². The summed E-state index contributed by atoms with van der Waals surface area (Å²) >= 11 is 1.95. The molecule has 1 rings (SSSR count). The van der Waals surface area contributed by atoms with E-state index in [-0.39, 0.29) is 0 Å². The maximum atomic E-state index is 6.39. The van der Waals surface area contributed by atoms with E-state index >= 15 is 0 Å². The molecule has 1 aliphatic carbocycles. The van der Waals surface area contributed by atoms with Gasteiger partial charge in [-0.15, -0.1) is 0 Å². The summed E-state index contributed by atoms with van der Waals surface area (Å²) < 4.78 is 0. The number of thioether (sulfide) groups is 1. The minimum atomic E-state index is 0.340. The van der Waals surface area contributed by atoms with Crippen LogP contribution in [0.15, 0.2) is 0 Å². The highest BCUT2D eigenvalue weighted by molar-refractivity contribution is 7.98. The topological polar surface area (TPSA) is 29.3 Å². The standard InChI is InChI=1S/C14H30N2S/c1-6-12(10-17-5)16(4)9-11-7-8-14(2,3)13(11)15/h11-13H,6-10,15H2,1-5H3. The van der Waals surface area contributed by atoms with Gasteiger partial charge < -0.3 is 10.6 Å². The molecule has 0 radical (unpaired) electrons. The van der Waals surface area contributed by atoms with Crippen molar-refractivity contribution in [1.82, 2.24) is 4.90 Å². The Morgan fingerprint density at radius 1 is 1.47 bits per heavy atom. The lowest BCUT2D eigenvalue weighted by molar-refractivity contribution is 0.194. The third-order valence-electron chi connectivity index (χ3n) is 4.55. The van der Waals surface area contributed by atoms with Gasteiger partial charge in [-0.2, -0.15) is 11.8 Å². The lowest BCUT2D eigenvalue weighted by atomic mass is 9.85. The van der Waals surface area contributed by atoms with E-state index in [1.165, 1.54) is 31.6 Å². The highest BCUT2D eigenvalue weighted by atomic mass is 32.2. The maximum absolute atomic E-state index is 6.39. The largest absolute Gasteiger partial charge is 0.327 e. The van der Waals surface area contributed by atoms with E-state index in [1.807, 2.05) is 11.8 Å². The van der Waals surface area contributed by atoms with E-state index in [0.29, 0.717) is 23.4 Å². The molecule has 2 N–H and O–H groups in total. The van der Waals surface area contributed by atoms with Gasteiger partial charge in [0.2, 0.25) is 0 Å². The molecule has 0 aromatic heterocycles. The molecule has 0 amide bonds. The van der Waals surface area contributed by atoms with Gasteiger partial charge in [0, 0.05) is 24.4 Å². The third kappa shape index (κ3) is 3.87. The molecule has 0 aliphatic heterocycles. The molecule has 1 aliphatic rings. The van der Waals surface area contributed by atoms with Gasteiger partial charge in [-0.3, -0.25) is 0 Å². The molecular formula is C14H30N2S. The van der Waals surface area contributed by atoms with Crippen LogP contribution >= 0.6 is 11.8 Å². The lowest BCUT2D eigenvalue weighted by Crippen LogP contribution is -2.44. The quantitative estimate of drug-likeness (QED) is 0.794. The number of hydrogen-bond donors (Lipinski definition) is 1. The van der Waals surface area contributed by atoms with E-state index in [0.717, 1.165) is 0 Å². The van der Waals surface area contributed by atoms with E-state index in [4.69, 9.17) is 5.73 Å². The normalized spacial score (nSPS) is 29.8. The highest BCUT2D eigenvalue weighted by Crippen LogP contribution is 2.40. The van der Waals surface area contributed by atoms with Crippen molar-refractivity contribution in [2.24, 2.45) is 17.1 Å². The van der Waals surface area contributed by atoms with Crippen molar-refractivity contribution >= 4 is 11.8 Å². The van der Waals surface area contributed by atoms with Crippen LogP contribution in [0.3, 0.4) is 0 Å². The van der Waals surface area contributed by atoms with Gasteiger partial charge in [0.15, 0.2) is 0 Å². The fraction of sp³-hybridized carbons (Fsp3) is 1.00. The molecular weight excluding hydrogens is 228 g/mol. The number of nitrogens with zero attached hydrogens (tertiary/aromatic N) is 1. The van der Waals surface area contributed by atoms with Gasteiger partial charge in [0.25, 0.3) is 0 Å². The lowest BCUT2D eigenvalue weighted by Gasteiger charge is -2.33. The van der Waals surface area contributed by atoms with E-state index in [1.54, 1.807) is 0 Å². The maximum Gasteiger partial charge on any atom is 0.0180 e. The average molecular weight is 258 g/mol. The minimum Gasteiger partial charge on any atom is -0.327 e. The van der Waals surface area contributed by atoms with Gasteiger partial charge >= 0.3 is 0 Å². The summed E-state index contributed by atoms with van der Waals surface area (Å²) in [5, 5.41) is 0. The van der Waals surface area contributed by atoms with Gasteiger partial charge in [-0.25, -0.2) is 0 Å². The summed E-state index contributed by atoms with van der Waals surface area (Å²) in [5.74, 6) is 1.92. The van der Waals surface area contributed by atoms with Crippen molar-refractivity contribution in [2.75, 3.05) is 25.6 Å². The molecule has 17 heavy (non-hydrogen) atoms. The minimum absolute atomic E-state index is 0.340. The Labute approximate surface area is 112 Å². The van der Waals surface area contributed by atoms with E-state index < -0.39 is 0 Å². The zero-order valence-electron chi connectivity index (χ0n) is 12.2. The fourth-order valence-electron chi connectivity index (χ4n) is 3.01.